The average molecular weight is 136 g/mol. The van der Waals surface area contributed by atoms with Gasteiger partial charge in [0, 0.05) is 6.20 Å². The van der Waals surface area contributed by atoms with Crippen molar-refractivity contribution in [1.82, 2.24) is 9.97 Å². The van der Waals surface area contributed by atoms with Gasteiger partial charge in [-0.1, -0.05) is 6.92 Å². The maximum Gasteiger partial charge on any atom is 0.170 e. The van der Waals surface area contributed by atoms with E-state index < -0.39 is 0 Å². The van der Waals surface area contributed by atoms with Gasteiger partial charge in [-0.05, 0) is 6.42 Å². The number of nitrogens with zero attached hydrogens (tertiary/aromatic N) is 2. The highest BCUT2D eigenvalue weighted by Crippen LogP contribution is 1.92. The van der Waals surface area contributed by atoms with Gasteiger partial charge >= 0.3 is 0 Å². The van der Waals surface area contributed by atoms with Crippen LogP contribution in [0.3, 0.4) is 0 Å². The first kappa shape index (κ1) is 6.86. The van der Waals surface area contributed by atoms with E-state index in [1.54, 1.807) is 6.20 Å². The monoisotopic (exact) mass is 136 g/mol. The lowest BCUT2D eigenvalue weighted by atomic mass is 10.3. The minimum atomic E-state index is 0.386. The summed E-state index contributed by atoms with van der Waals surface area (Å²) in [4.78, 5) is 17.9. The summed E-state index contributed by atoms with van der Waals surface area (Å²) in [6.07, 6.45) is 4.63. The lowest BCUT2D eigenvalue weighted by Gasteiger charge is -1.92. The fourth-order valence-electron chi connectivity index (χ4n) is 0.608. The Morgan fingerprint density at radius 2 is 2.30 bits per heavy atom. The summed E-state index contributed by atoms with van der Waals surface area (Å²) in [5.74, 6) is 0. The number of carbonyl (C=O) groups excluding carboxylic acids is 1. The van der Waals surface area contributed by atoms with Crippen LogP contribution < -0.4 is 0 Å². The van der Waals surface area contributed by atoms with Gasteiger partial charge in [0.15, 0.2) is 6.29 Å². The quantitative estimate of drug-likeness (QED) is 0.566. The maximum absolute atomic E-state index is 10.1. The molecule has 0 aliphatic heterocycles. The van der Waals surface area contributed by atoms with Crippen molar-refractivity contribution in [2.24, 2.45) is 0 Å². The van der Waals surface area contributed by atoms with Crippen molar-refractivity contribution < 1.29 is 4.79 Å². The molecule has 1 aromatic rings. The lowest BCUT2D eigenvalue weighted by molar-refractivity contribution is 0.111. The van der Waals surface area contributed by atoms with Crippen molar-refractivity contribution in [3.8, 4) is 0 Å². The third kappa shape index (κ3) is 1.37. The summed E-state index contributed by atoms with van der Waals surface area (Å²) in [7, 11) is 0. The Hall–Kier alpha value is -1.25. The molecule has 10 heavy (non-hydrogen) atoms. The van der Waals surface area contributed by atoms with Crippen molar-refractivity contribution in [2.75, 3.05) is 0 Å². The smallest absolute Gasteiger partial charge is 0.170 e. The van der Waals surface area contributed by atoms with Crippen LogP contribution in [0.1, 0.15) is 23.1 Å². The Morgan fingerprint density at radius 1 is 1.50 bits per heavy atom. The number of aromatic nitrogens is 2. The fraction of sp³-hybridized carbons (Fsp3) is 0.286. The van der Waals surface area contributed by atoms with Gasteiger partial charge in [-0.3, -0.25) is 9.78 Å². The van der Waals surface area contributed by atoms with E-state index in [0.717, 1.165) is 12.1 Å². The molecule has 0 fully saturated rings. The predicted octanol–water partition coefficient (Wildman–Crippen LogP) is 0.851. The van der Waals surface area contributed by atoms with E-state index in [0.29, 0.717) is 12.0 Å². The summed E-state index contributed by atoms with van der Waals surface area (Å²) in [5, 5.41) is 0. The first-order valence-electron chi connectivity index (χ1n) is 3.13. The number of aryl methyl sites for hydroxylation is 1. The van der Waals surface area contributed by atoms with Crippen LogP contribution in [0.25, 0.3) is 0 Å². The van der Waals surface area contributed by atoms with Crippen LogP contribution in [0.5, 0.6) is 0 Å². The first-order chi connectivity index (χ1) is 4.86. The highest BCUT2D eigenvalue weighted by Gasteiger charge is 1.91. The summed E-state index contributed by atoms with van der Waals surface area (Å²) in [5.41, 5.74) is 1.29. The van der Waals surface area contributed by atoms with E-state index in [-0.39, 0.29) is 0 Å². The molecular formula is C7H8N2O. The molecule has 1 heterocycles. The molecule has 0 N–H and O–H groups in total. The molecule has 1 aromatic heterocycles. The third-order valence-electron chi connectivity index (χ3n) is 1.21. The zero-order valence-electron chi connectivity index (χ0n) is 5.74. The molecule has 0 atom stereocenters. The second-order valence-electron chi connectivity index (χ2n) is 1.90. The average Bonchev–Trinajstić information content (AvgIpc) is 2.05. The topological polar surface area (TPSA) is 42.9 Å². The molecule has 1 rings (SSSR count). The Morgan fingerprint density at radius 3 is 2.70 bits per heavy atom. The number of hydrogen-bond donors (Lipinski definition) is 0. The van der Waals surface area contributed by atoms with E-state index in [1.807, 2.05) is 6.92 Å². The number of aldehydes is 1. The second-order valence-corrected chi connectivity index (χ2v) is 1.90. The minimum absolute atomic E-state index is 0.386. The number of rotatable bonds is 2. The Bertz CT molecular complexity index is 218. The molecule has 0 spiro atoms. The Balaban J connectivity index is 2.90. The zero-order valence-corrected chi connectivity index (χ0v) is 5.74. The van der Waals surface area contributed by atoms with Gasteiger partial charge < -0.3 is 0 Å². The molecule has 0 radical (unpaired) electrons. The van der Waals surface area contributed by atoms with Crippen molar-refractivity contribution in [3.05, 3.63) is 23.8 Å². The highest BCUT2D eigenvalue weighted by atomic mass is 16.1. The van der Waals surface area contributed by atoms with E-state index in [1.165, 1.54) is 6.20 Å². The van der Waals surface area contributed by atoms with Crippen LogP contribution in [-0.4, -0.2) is 16.3 Å². The van der Waals surface area contributed by atoms with Gasteiger partial charge in [0.2, 0.25) is 0 Å². The molecule has 0 saturated heterocycles. The van der Waals surface area contributed by atoms with Gasteiger partial charge in [0.05, 0.1) is 11.9 Å². The first-order valence-corrected chi connectivity index (χ1v) is 3.13. The third-order valence-corrected chi connectivity index (χ3v) is 1.21. The van der Waals surface area contributed by atoms with Crippen molar-refractivity contribution in [1.29, 1.82) is 0 Å². The van der Waals surface area contributed by atoms with Gasteiger partial charge in [-0.15, -0.1) is 0 Å². The molecule has 3 heteroatoms. The molecule has 0 aliphatic carbocycles. The highest BCUT2D eigenvalue weighted by molar-refractivity contribution is 5.70. The zero-order chi connectivity index (χ0) is 7.40. The summed E-state index contributed by atoms with van der Waals surface area (Å²) in [6, 6.07) is 0. The fourth-order valence-corrected chi connectivity index (χ4v) is 0.608. The second kappa shape index (κ2) is 3.06. The molecule has 0 bridgehead atoms. The molecule has 0 aliphatic rings. The van der Waals surface area contributed by atoms with Gasteiger partial charge in [-0.2, -0.15) is 0 Å². The van der Waals surface area contributed by atoms with E-state index in [2.05, 4.69) is 9.97 Å². The predicted molar refractivity (Wildman–Crippen MR) is 36.8 cm³/mol. The van der Waals surface area contributed by atoms with Crippen molar-refractivity contribution >= 4 is 6.29 Å². The normalized spacial score (nSPS) is 9.30. The standard InChI is InChI=1S/C7H8N2O/c1-2-6-3-9-7(5-10)4-8-6/h3-5H,2H2,1H3. The SMILES string of the molecule is CCc1cnc(C=O)cn1. The van der Waals surface area contributed by atoms with Crippen molar-refractivity contribution in [2.45, 2.75) is 13.3 Å². The van der Waals surface area contributed by atoms with Crippen LogP contribution in [0.15, 0.2) is 12.4 Å². The molecule has 0 aromatic carbocycles. The molecule has 0 amide bonds. The molecule has 0 saturated carbocycles. The number of hydrogen-bond acceptors (Lipinski definition) is 3. The summed E-state index contributed by atoms with van der Waals surface area (Å²) < 4.78 is 0. The largest absolute Gasteiger partial charge is 0.296 e. The van der Waals surface area contributed by atoms with Crippen LogP contribution in [0.2, 0.25) is 0 Å². The lowest BCUT2D eigenvalue weighted by Crippen LogP contribution is -1.92. The number of carbonyl (C=O) groups is 1. The van der Waals surface area contributed by atoms with Crippen LogP contribution >= 0.6 is 0 Å². The molecule has 0 unspecified atom stereocenters. The van der Waals surface area contributed by atoms with E-state index >= 15 is 0 Å². The van der Waals surface area contributed by atoms with E-state index in [9.17, 15) is 4.79 Å². The summed E-state index contributed by atoms with van der Waals surface area (Å²) >= 11 is 0. The molecule has 3 nitrogen and oxygen atoms in total. The van der Waals surface area contributed by atoms with Gasteiger partial charge in [0.25, 0.3) is 0 Å². The van der Waals surface area contributed by atoms with Gasteiger partial charge in [0.1, 0.15) is 5.69 Å². The van der Waals surface area contributed by atoms with Gasteiger partial charge in [-0.25, -0.2) is 4.98 Å². The Labute approximate surface area is 59.1 Å². The molecule has 52 valence electrons. The summed E-state index contributed by atoms with van der Waals surface area (Å²) in [6.45, 7) is 1.99. The van der Waals surface area contributed by atoms with Crippen LogP contribution in [0.4, 0.5) is 0 Å². The van der Waals surface area contributed by atoms with Crippen LogP contribution in [0, 0.1) is 0 Å². The van der Waals surface area contributed by atoms with Crippen LogP contribution in [-0.2, 0) is 6.42 Å². The Kier molecular flexibility index (Phi) is 2.10. The van der Waals surface area contributed by atoms with Crippen molar-refractivity contribution in [3.63, 3.8) is 0 Å². The maximum atomic E-state index is 10.1. The van der Waals surface area contributed by atoms with E-state index in [4.69, 9.17) is 0 Å². The molecular weight excluding hydrogens is 128 g/mol. The minimum Gasteiger partial charge on any atom is -0.296 e.